The van der Waals surface area contributed by atoms with Gasteiger partial charge in [-0.05, 0) is 43.0 Å². The van der Waals surface area contributed by atoms with E-state index in [9.17, 15) is 9.18 Å². The second-order valence-electron chi connectivity index (χ2n) is 5.98. The van der Waals surface area contributed by atoms with Crippen LogP contribution in [-0.4, -0.2) is 29.0 Å². The van der Waals surface area contributed by atoms with Crippen LogP contribution in [0.2, 0.25) is 0 Å². The van der Waals surface area contributed by atoms with Gasteiger partial charge in [0.25, 0.3) is 0 Å². The molecule has 0 saturated carbocycles. The maximum atomic E-state index is 13.5. The molecule has 1 aromatic carbocycles. The summed E-state index contributed by atoms with van der Waals surface area (Å²) in [5.41, 5.74) is 2.40. The SMILES string of the molecule is Cc1cc2[nH]c(CNC(=O)N3CCC(C)C3)cc2cc1F. The molecule has 0 spiro atoms. The zero-order valence-corrected chi connectivity index (χ0v) is 12.4. The summed E-state index contributed by atoms with van der Waals surface area (Å²) in [5.74, 6) is 0.373. The molecule has 2 aromatic rings. The molecular formula is C16H20FN3O. The lowest BCUT2D eigenvalue weighted by Gasteiger charge is -2.16. The summed E-state index contributed by atoms with van der Waals surface area (Å²) in [6.07, 6.45) is 1.07. The summed E-state index contributed by atoms with van der Waals surface area (Å²) >= 11 is 0. The van der Waals surface area contributed by atoms with Crippen molar-refractivity contribution in [2.75, 3.05) is 13.1 Å². The van der Waals surface area contributed by atoms with Gasteiger partial charge >= 0.3 is 6.03 Å². The molecule has 1 fully saturated rings. The van der Waals surface area contributed by atoms with Crippen LogP contribution in [0.3, 0.4) is 0 Å². The monoisotopic (exact) mass is 289 g/mol. The van der Waals surface area contributed by atoms with Crippen LogP contribution in [0, 0.1) is 18.7 Å². The number of rotatable bonds is 2. The summed E-state index contributed by atoms with van der Waals surface area (Å²) in [6.45, 7) is 5.97. The Bertz CT molecular complexity index is 640. The van der Waals surface area contributed by atoms with Crippen LogP contribution in [-0.2, 0) is 6.54 Å². The van der Waals surface area contributed by atoms with Gasteiger partial charge in [0, 0.05) is 29.7 Å². The Labute approximate surface area is 123 Å². The number of H-pyrrole nitrogens is 1. The average Bonchev–Trinajstić information content (AvgIpc) is 3.03. The molecule has 5 heteroatoms. The molecule has 2 heterocycles. The van der Waals surface area contributed by atoms with E-state index in [0.717, 1.165) is 36.1 Å². The standard InChI is InChI=1S/C16H20FN3O/c1-10-3-4-20(9-10)16(21)18-8-13-6-12-7-14(17)11(2)5-15(12)19-13/h5-7,10,19H,3-4,8-9H2,1-2H3,(H,18,21). The van der Waals surface area contributed by atoms with E-state index < -0.39 is 0 Å². The molecular weight excluding hydrogens is 269 g/mol. The maximum Gasteiger partial charge on any atom is 0.317 e. The highest BCUT2D eigenvalue weighted by Gasteiger charge is 2.22. The highest BCUT2D eigenvalue weighted by Crippen LogP contribution is 2.20. The topological polar surface area (TPSA) is 48.1 Å². The Morgan fingerprint density at radius 2 is 2.29 bits per heavy atom. The molecule has 3 rings (SSSR count). The van der Waals surface area contributed by atoms with Crippen molar-refractivity contribution in [1.29, 1.82) is 0 Å². The van der Waals surface area contributed by atoms with Gasteiger partial charge in [0.1, 0.15) is 5.82 Å². The molecule has 2 amide bonds. The number of likely N-dealkylation sites (tertiary alicyclic amines) is 1. The van der Waals surface area contributed by atoms with E-state index >= 15 is 0 Å². The minimum atomic E-state index is -0.205. The Morgan fingerprint density at radius 3 is 3.00 bits per heavy atom. The largest absolute Gasteiger partial charge is 0.357 e. The van der Waals surface area contributed by atoms with E-state index in [1.807, 2.05) is 11.0 Å². The number of nitrogens with zero attached hydrogens (tertiary/aromatic N) is 1. The third-order valence-corrected chi connectivity index (χ3v) is 4.10. The lowest BCUT2D eigenvalue weighted by atomic mass is 10.2. The summed E-state index contributed by atoms with van der Waals surface area (Å²) in [4.78, 5) is 17.1. The van der Waals surface area contributed by atoms with Gasteiger partial charge in [-0.15, -0.1) is 0 Å². The maximum absolute atomic E-state index is 13.5. The first-order chi connectivity index (χ1) is 10.0. The number of carbonyl (C=O) groups is 1. The summed E-state index contributed by atoms with van der Waals surface area (Å²) in [6, 6.07) is 5.16. The number of nitrogens with one attached hydrogen (secondary N) is 2. The number of aryl methyl sites for hydroxylation is 1. The number of amides is 2. The fourth-order valence-corrected chi connectivity index (χ4v) is 2.82. The zero-order valence-electron chi connectivity index (χ0n) is 12.4. The fourth-order valence-electron chi connectivity index (χ4n) is 2.82. The highest BCUT2D eigenvalue weighted by molar-refractivity contribution is 5.81. The van der Waals surface area contributed by atoms with Gasteiger partial charge in [-0.3, -0.25) is 0 Å². The van der Waals surface area contributed by atoms with Crippen molar-refractivity contribution in [3.8, 4) is 0 Å². The second-order valence-corrected chi connectivity index (χ2v) is 5.98. The number of benzene rings is 1. The summed E-state index contributed by atoms with van der Waals surface area (Å²) in [5, 5.41) is 3.74. The fraction of sp³-hybridized carbons (Fsp3) is 0.438. The van der Waals surface area contributed by atoms with E-state index in [1.54, 1.807) is 13.0 Å². The van der Waals surface area contributed by atoms with Gasteiger partial charge < -0.3 is 15.2 Å². The number of aromatic nitrogens is 1. The lowest BCUT2D eigenvalue weighted by Crippen LogP contribution is -2.38. The van der Waals surface area contributed by atoms with Crippen molar-refractivity contribution in [2.45, 2.75) is 26.8 Å². The van der Waals surface area contributed by atoms with Gasteiger partial charge in [0.2, 0.25) is 0 Å². The Morgan fingerprint density at radius 1 is 1.48 bits per heavy atom. The van der Waals surface area contributed by atoms with Gasteiger partial charge in [-0.2, -0.15) is 0 Å². The normalized spacial score (nSPS) is 18.4. The van der Waals surface area contributed by atoms with Crippen molar-refractivity contribution in [3.05, 3.63) is 35.3 Å². The smallest absolute Gasteiger partial charge is 0.317 e. The Hall–Kier alpha value is -2.04. The molecule has 112 valence electrons. The molecule has 1 saturated heterocycles. The van der Waals surface area contributed by atoms with Crippen LogP contribution < -0.4 is 5.32 Å². The molecule has 1 atom stereocenters. The van der Waals surface area contributed by atoms with Crippen molar-refractivity contribution in [1.82, 2.24) is 15.2 Å². The molecule has 0 bridgehead atoms. The van der Waals surface area contributed by atoms with E-state index in [4.69, 9.17) is 0 Å². The minimum Gasteiger partial charge on any atom is -0.357 e. The van der Waals surface area contributed by atoms with Crippen LogP contribution in [0.15, 0.2) is 18.2 Å². The van der Waals surface area contributed by atoms with Gasteiger partial charge in [0.15, 0.2) is 0 Å². The molecule has 1 aliphatic heterocycles. The van der Waals surface area contributed by atoms with Gasteiger partial charge in [-0.1, -0.05) is 6.92 Å². The van der Waals surface area contributed by atoms with Crippen molar-refractivity contribution >= 4 is 16.9 Å². The first-order valence-electron chi connectivity index (χ1n) is 7.33. The number of carbonyl (C=O) groups excluding carboxylic acids is 1. The Balaban J connectivity index is 1.66. The van der Waals surface area contributed by atoms with E-state index in [0.29, 0.717) is 18.0 Å². The average molecular weight is 289 g/mol. The zero-order chi connectivity index (χ0) is 15.0. The second kappa shape index (κ2) is 5.39. The number of aromatic amines is 1. The van der Waals surface area contributed by atoms with E-state index in [1.165, 1.54) is 6.07 Å². The first kappa shape index (κ1) is 13.9. The molecule has 1 aliphatic rings. The van der Waals surface area contributed by atoms with Crippen LogP contribution in [0.25, 0.3) is 10.9 Å². The lowest BCUT2D eigenvalue weighted by molar-refractivity contribution is 0.207. The quantitative estimate of drug-likeness (QED) is 0.876. The van der Waals surface area contributed by atoms with Crippen LogP contribution >= 0.6 is 0 Å². The molecule has 1 aromatic heterocycles. The molecule has 0 radical (unpaired) electrons. The molecule has 0 aliphatic carbocycles. The predicted octanol–water partition coefficient (Wildman–Crippen LogP) is 3.17. The molecule has 21 heavy (non-hydrogen) atoms. The molecule has 4 nitrogen and oxygen atoms in total. The van der Waals surface area contributed by atoms with Gasteiger partial charge in [-0.25, -0.2) is 9.18 Å². The summed E-state index contributed by atoms with van der Waals surface area (Å²) in [7, 11) is 0. The van der Waals surface area contributed by atoms with Crippen LogP contribution in [0.1, 0.15) is 24.6 Å². The number of hydrogen-bond donors (Lipinski definition) is 2. The Kier molecular flexibility index (Phi) is 3.57. The number of halogens is 1. The van der Waals surface area contributed by atoms with E-state index in [2.05, 4.69) is 17.2 Å². The van der Waals surface area contributed by atoms with E-state index in [-0.39, 0.29) is 11.8 Å². The number of fused-ring (bicyclic) bond motifs is 1. The van der Waals surface area contributed by atoms with Crippen molar-refractivity contribution in [2.24, 2.45) is 5.92 Å². The number of hydrogen-bond acceptors (Lipinski definition) is 1. The number of urea groups is 1. The third-order valence-electron chi connectivity index (χ3n) is 4.10. The molecule has 1 unspecified atom stereocenters. The van der Waals surface area contributed by atoms with Crippen LogP contribution in [0.4, 0.5) is 9.18 Å². The van der Waals surface area contributed by atoms with Gasteiger partial charge in [0.05, 0.1) is 6.54 Å². The minimum absolute atomic E-state index is 0.0274. The van der Waals surface area contributed by atoms with Crippen molar-refractivity contribution < 1.29 is 9.18 Å². The highest BCUT2D eigenvalue weighted by atomic mass is 19.1. The predicted molar refractivity (Wildman–Crippen MR) is 80.6 cm³/mol. The van der Waals surface area contributed by atoms with Crippen molar-refractivity contribution in [3.63, 3.8) is 0 Å². The molecule has 2 N–H and O–H groups in total. The third kappa shape index (κ3) is 2.86. The first-order valence-corrected chi connectivity index (χ1v) is 7.33. The summed E-state index contributed by atoms with van der Waals surface area (Å²) < 4.78 is 13.5. The van der Waals surface area contributed by atoms with Crippen LogP contribution in [0.5, 0.6) is 0 Å².